The van der Waals surface area contributed by atoms with Gasteiger partial charge in [-0.05, 0) is 18.8 Å². The normalized spacial score (nSPS) is 13.0. The van der Waals surface area contributed by atoms with Crippen molar-refractivity contribution in [1.29, 1.82) is 0 Å². The molecule has 0 saturated heterocycles. The number of amides is 1. The molecular weight excluding hydrogens is 310 g/mol. The molecule has 0 aromatic carbocycles. The molecule has 0 aliphatic rings. The van der Waals surface area contributed by atoms with Gasteiger partial charge >= 0.3 is 5.97 Å². The zero-order valence-corrected chi connectivity index (χ0v) is 14.5. The predicted molar refractivity (Wildman–Crippen MR) is 92.9 cm³/mol. The Morgan fingerprint density at radius 2 is 1.92 bits per heavy atom. The largest absolute Gasteiger partial charge is 0.481 e. The Hall–Kier alpha value is -2.31. The smallest absolute Gasteiger partial charge is 0.306 e. The lowest BCUT2D eigenvalue weighted by Gasteiger charge is -2.22. The van der Waals surface area contributed by atoms with E-state index >= 15 is 0 Å². The van der Waals surface area contributed by atoms with Crippen molar-refractivity contribution >= 4 is 17.7 Å². The molecule has 5 N–H and O–H groups in total. The van der Waals surface area contributed by atoms with E-state index in [4.69, 9.17) is 5.73 Å². The maximum Gasteiger partial charge on any atom is 0.306 e. The molecule has 136 valence electrons. The highest BCUT2D eigenvalue weighted by atomic mass is 16.4. The Morgan fingerprint density at radius 3 is 2.38 bits per heavy atom. The molecule has 2 atom stereocenters. The highest BCUT2D eigenvalue weighted by Gasteiger charge is 2.28. The van der Waals surface area contributed by atoms with Crippen LogP contribution in [0.3, 0.4) is 0 Å². The summed E-state index contributed by atoms with van der Waals surface area (Å²) in [5.74, 6) is -2.18. The Balaban J connectivity index is 4.69. The van der Waals surface area contributed by atoms with Crippen LogP contribution < -0.4 is 16.4 Å². The SMILES string of the molecule is C=CCC(=O)NC(C(=O)CC(CCCNC(=C)N)C(=O)O)C(C)C. The molecule has 0 heterocycles. The second kappa shape index (κ2) is 11.3. The maximum absolute atomic E-state index is 12.4. The molecule has 0 rings (SSSR count). The minimum absolute atomic E-state index is 0.115. The Morgan fingerprint density at radius 1 is 1.29 bits per heavy atom. The van der Waals surface area contributed by atoms with Gasteiger partial charge in [-0.25, -0.2) is 0 Å². The molecule has 7 nitrogen and oxygen atoms in total. The third kappa shape index (κ3) is 8.97. The van der Waals surface area contributed by atoms with Crippen molar-refractivity contribution in [2.24, 2.45) is 17.6 Å². The Bertz CT molecular complexity index is 474. The van der Waals surface area contributed by atoms with Crippen LogP contribution in [0.5, 0.6) is 0 Å². The van der Waals surface area contributed by atoms with Gasteiger partial charge in [0.05, 0.1) is 17.8 Å². The van der Waals surface area contributed by atoms with Crippen molar-refractivity contribution in [3.8, 4) is 0 Å². The van der Waals surface area contributed by atoms with Crippen LogP contribution in [0.1, 0.15) is 39.5 Å². The zero-order chi connectivity index (χ0) is 18.7. The second-order valence-corrected chi connectivity index (χ2v) is 6.08. The average molecular weight is 339 g/mol. The molecule has 0 fully saturated rings. The lowest BCUT2D eigenvalue weighted by molar-refractivity contribution is -0.144. The Kier molecular flexibility index (Phi) is 10.2. The molecule has 0 saturated carbocycles. The molecule has 0 aromatic heterocycles. The minimum atomic E-state index is -1.02. The fourth-order valence-corrected chi connectivity index (χ4v) is 2.26. The van der Waals surface area contributed by atoms with E-state index in [0.717, 1.165) is 0 Å². The van der Waals surface area contributed by atoms with E-state index in [1.807, 2.05) is 13.8 Å². The molecule has 0 aliphatic heterocycles. The Labute approximate surface area is 143 Å². The molecule has 0 aliphatic carbocycles. The third-order valence-electron chi connectivity index (χ3n) is 3.54. The zero-order valence-electron chi connectivity index (χ0n) is 14.5. The summed E-state index contributed by atoms with van der Waals surface area (Å²) >= 11 is 0. The summed E-state index contributed by atoms with van der Waals surface area (Å²) in [5.41, 5.74) is 5.37. The number of carboxylic acid groups (broad SMARTS) is 1. The molecular formula is C17H29N3O4. The van der Waals surface area contributed by atoms with Gasteiger partial charge in [-0.15, -0.1) is 6.58 Å². The first kappa shape index (κ1) is 21.7. The van der Waals surface area contributed by atoms with Crippen molar-refractivity contribution in [2.45, 2.75) is 45.6 Å². The van der Waals surface area contributed by atoms with Gasteiger partial charge in [-0.3, -0.25) is 14.4 Å². The van der Waals surface area contributed by atoms with Gasteiger partial charge in [0, 0.05) is 19.4 Å². The number of nitrogens with two attached hydrogens (primary N) is 1. The van der Waals surface area contributed by atoms with Gasteiger partial charge < -0.3 is 21.5 Å². The van der Waals surface area contributed by atoms with Crippen LogP contribution in [0.15, 0.2) is 25.1 Å². The highest BCUT2D eigenvalue weighted by molar-refractivity contribution is 5.91. The summed E-state index contributed by atoms with van der Waals surface area (Å²) in [7, 11) is 0. The number of carboxylic acids is 1. The van der Waals surface area contributed by atoms with Crippen LogP contribution in [0, 0.1) is 11.8 Å². The van der Waals surface area contributed by atoms with Gasteiger partial charge in [0.1, 0.15) is 0 Å². The van der Waals surface area contributed by atoms with Crippen molar-refractivity contribution in [3.63, 3.8) is 0 Å². The minimum Gasteiger partial charge on any atom is -0.481 e. The summed E-state index contributed by atoms with van der Waals surface area (Å²) in [6.45, 7) is 11.1. The van der Waals surface area contributed by atoms with E-state index in [1.165, 1.54) is 6.08 Å². The first-order valence-corrected chi connectivity index (χ1v) is 8.03. The van der Waals surface area contributed by atoms with Gasteiger partial charge in [0.2, 0.25) is 5.91 Å². The molecule has 2 unspecified atom stereocenters. The van der Waals surface area contributed by atoms with E-state index in [2.05, 4.69) is 23.8 Å². The van der Waals surface area contributed by atoms with E-state index in [0.29, 0.717) is 25.2 Å². The summed E-state index contributed by atoms with van der Waals surface area (Å²) in [5, 5.41) is 14.8. The van der Waals surface area contributed by atoms with Crippen molar-refractivity contribution in [3.05, 3.63) is 25.1 Å². The molecule has 0 spiro atoms. The highest BCUT2D eigenvalue weighted by Crippen LogP contribution is 2.16. The van der Waals surface area contributed by atoms with Gasteiger partial charge in [-0.1, -0.05) is 26.5 Å². The number of hydrogen-bond donors (Lipinski definition) is 4. The standard InChI is InChI=1S/C17H29N3O4/c1-5-7-15(22)20-16(11(2)3)14(21)10-13(17(23)24)8-6-9-19-12(4)18/h5,11,13,16,19H,1,4,6-10,18H2,2-3H3,(H,20,22)(H,23,24). The number of aliphatic carboxylic acids is 1. The number of rotatable bonds is 13. The monoisotopic (exact) mass is 339 g/mol. The molecule has 1 amide bonds. The molecule has 7 heteroatoms. The number of ketones is 1. The van der Waals surface area contributed by atoms with Crippen LogP contribution in [0.25, 0.3) is 0 Å². The third-order valence-corrected chi connectivity index (χ3v) is 3.54. The number of Topliss-reactive ketones (excluding diaryl/α,β-unsaturated/α-hetero) is 1. The van der Waals surface area contributed by atoms with Gasteiger partial charge in [0.25, 0.3) is 0 Å². The van der Waals surface area contributed by atoms with Gasteiger partial charge in [-0.2, -0.15) is 0 Å². The predicted octanol–water partition coefficient (Wildman–Crippen LogP) is 1.16. The topological polar surface area (TPSA) is 122 Å². The summed E-state index contributed by atoms with van der Waals surface area (Å²) in [6, 6.07) is -0.693. The number of carbonyl (C=O) groups excluding carboxylic acids is 2. The quantitative estimate of drug-likeness (QED) is 0.295. The molecule has 24 heavy (non-hydrogen) atoms. The number of hydrogen-bond acceptors (Lipinski definition) is 5. The van der Waals surface area contributed by atoms with Crippen molar-refractivity contribution in [1.82, 2.24) is 10.6 Å². The first-order valence-electron chi connectivity index (χ1n) is 8.03. The van der Waals surface area contributed by atoms with Crippen molar-refractivity contribution < 1.29 is 19.5 Å². The maximum atomic E-state index is 12.4. The molecule has 0 bridgehead atoms. The summed E-state index contributed by atoms with van der Waals surface area (Å²) in [6.07, 6.45) is 2.35. The first-order chi connectivity index (χ1) is 11.2. The van der Waals surface area contributed by atoms with E-state index in [9.17, 15) is 19.5 Å². The van der Waals surface area contributed by atoms with E-state index in [1.54, 1.807) is 0 Å². The summed E-state index contributed by atoms with van der Waals surface area (Å²) in [4.78, 5) is 35.5. The average Bonchev–Trinajstić information content (AvgIpc) is 2.47. The van der Waals surface area contributed by atoms with Gasteiger partial charge in [0.15, 0.2) is 5.78 Å². The van der Waals surface area contributed by atoms with E-state index < -0.39 is 17.9 Å². The number of nitrogens with one attached hydrogen (secondary N) is 2. The van der Waals surface area contributed by atoms with Crippen LogP contribution in [0.4, 0.5) is 0 Å². The summed E-state index contributed by atoms with van der Waals surface area (Å²) < 4.78 is 0. The van der Waals surface area contributed by atoms with Crippen molar-refractivity contribution in [2.75, 3.05) is 6.54 Å². The molecule has 0 aromatic rings. The van der Waals surface area contributed by atoms with Crippen LogP contribution in [-0.4, -0.2) is 35.4 Å². The van der Waals surface area contributed by atoms with Crippen LogP contribution in [0.2, 0.25) is 0 Å². The lowest BCUT2D eigenvalue weighted by Crippen LogP contribution is -2.45. The van der Waals surface area contributed by atoms with Crippen LogP contribution >= 0.6 is 0 Å². The fourth-order valence-electron chi connectivity index (χ4n) is 2.26. The lowest BCUT2D eigenvalue weighted by atomic mass is 9.90. The number of carbonyl (C=O) groups is 3. The molecule has 0 radical (unpaired) electrons. The fraction of sp³-hybridized carbons (Fsp3) is 0.588. The van der Waals surface area contributed by atoms with E-state index in [-0.39, 0.29) is 30.4 Å². The van der Waals surface area contributed by atoms with Crippen LogP contribution in [-0.2, 0) is 14.4 Å². The second-order valence-electron chi connectivity index (χ2n) is 6.08.